The molecule has 0 saturated carbocycles. The zero-order valence-corrected chi connectivity index (χ0v) is 17.3. The van der Waals surface area contributed by atoms with Crippen LogP contribution in [0.15, 0.2) is 54.7 Å². The van der Waals surface area contributed by atoms with Gasteiger partial charge in [-0.2, -0.15) is 11.8 Å². The third-order valence-electron chi connectivity index (χ3n) is 4.59. The summed E-state index contributed by atoms with van der Waals surface area (Å²) in [6, 6.07) is 15.4. The third-order valence-corrected chi connectivity index (χ3v) is 5.29. The van der Waals surface area contributed by atoms with Gasteiger partial charge in [0.05, 0.1) is 10.4 Å². The standard InChI is InChI=1S/C22H25N3O3S/c1-29-13-7-3-6-12-23-22-19-14-18(28-16-17-8-4-2-5-9-17)10-11-20(19)24-15-21(22)25(26)27/h2,4-5,8-11,14-15H,3,6-7,12-13,16H2,1H3,(H,23,24). The monoisotopic (exact) mass is 411 g/mol. The SMILES string of the molecule is CSCCCCCNc1c([N+](=O)[O-])cnc2ccc(OCc3ccccc3)cc12. The van der Waals surface area contributed by atoms with Crippen molar-refractivity contribution < 1.29 is 9.66 Å². The molecule has 0 amide bonds. The Morgan fingerprint density at radius 3 is 2.72 bits per heavy atom. The first-order valence-corrected chi connectivity index (χ1v) is 11.0. The van der Waals surface area contributed by atoms with E-state index in [4.69, 9.17) is 4.74 Å². The lowest BCUT2D eigenvalue weighted by Crippen LogP contribution is -2.06. The molecule has 3 rings (SSSR count). The van der Waals surface area contributed by atoms with Gasteiger partial charge in [-0.05, 0) is 48.6 Å². The summed E-state index contributed by atoms with van der Waals surface area (Å²) in [6.07, 6.45) is 6.63. The topological polar surface area (TPSA) is 77.3 Å². The summed E-state index contributed by atoms with van der Waals surface area (Å²) in [6.45, 7) is 1.12. The molecule has 0 unspecified atom stereocenters. The molecule has 1 heterocycles. The van der Waals surface area contributed by atoms with Crippen LogP contribution in [0.5, 0.6) is 5.75 Å². The van der Waals surface area contributed by atoms with Crippen molar-refractivity contribution in [2.45, 2.75) is 25.9 Å². The van der Waals surface area contributed by atoms with Crippen LogP contribution in [-0.4, -0.2) is 28.5 Å². The van der Waals surface area contributed by atoms with Crippen molar-refractivity contribution >= 4 is 34.0 Å². The molecule has 0 aliphatic carbocycles. The van der Waals surface area contributed by atoms with Crippen molar-refractivity contribution in [2.24, 2.45) is 0 Å². The fourth-order valence-corrected chi connectivity index (χ4v) is 3.57. The number of rotatable bonds is 11. The van der Waals surface area contributed by atoms with Gasteiger partial charge in [-0.15, -0.1) is 0 Å². The van der Waals surface area contributed by atoms with Gasteiger partial charge in [0.1, 0.15) is 24.2 Å². The van der Waals surface area contributed by atoms with Gasteiger partial charge in [0.2, 0.25) is 0 Å². The molecule has 1 aromatic heterocycles. The molecule has 0 atom stereocenters. The van der Waals surface area contributed by atoms with Crippen LogP contribution in [0.4, 0.5) is 11.4 Å². The maximum absolute atomic E-state index is 11.5. The van der Waals surface area contributed by atoms with Gasteiger partial charge in [0.25, 0.3) is 0 Å². The van der Waals surface area contributed by atoms with Gasteiger partial charge < -0.3 is 10.1 Å². The molecule has 0 bridgehead atoms. The molecule has 0 radical (unpaired) electrons. The molecule has 6 nitrogen and oxygen atoms in total. The number of pyridine rings is 1. The van der Waals surface area contributed by atoms with Crippen LogP contribution >= 0.6 is 11.8 Å². The Kier molecular flexibility index (Phi) is 7.69. The second kappa shape index (κ2) is 10.7. The molecule has 0 aliphatic rings. The molecule has 2 aromatic carbocycles. The van der Waals surface area contributed by atoms with E-state index in [1.54, 1.807) is 0 Å². The molecular formula is C22H25N3O3S. The number of hydrogen-bond acceptors (Lipinski definition) is 6. The number of nitrogens with one attached hydrogen (secondary N) is 1. The third kappa shape index (κ3) is 5.84. The number of fused-ring (bicyclic) bond motifs is 1. The Labute approximate surface area is 174 Å². The minimum atomic E-state index is -0.389. The predicted octanol–water partition coefficient (Wildman–Crippen LogP) is 5.67. The van der Waals surface area contributed by atoms with E-state index in [1.165, 1.54) is 6.20 Å². The van der Waals surface area contributed by atoms with Crippen LogP contribution in [0.2, 0.25) is 0 Å². The second-order valence-electron chi connectivity index (χ2n) is 6.71. The first-order valence-electron chi connectivity index (χ1n) is 9.65. The number of ether oxygens (including phenoxy) is 1. The molecular weight excluding hydrogens is 386 g/mol. The summed E-state index contributed by atoms with van der Waals surface area (Å²) in [5.74, 6) is 1.80. The average Bonchev–Trinajstić information content (AvgIpc) is 2.75. The molecule has 3 aromatic rings. The summed E-state index contributed by atoms with van der Waals surface area (Å²) < 4.78 is 5.90. The van der Waals surface area contributed by atoms with E-state index in [0.717, 1.165) is 30.6 Å². The molecule has 7 heteroatoms. The van der Waals surface area contributed by atoms with Crippen LogP contribution in [0, 0.1) is 10.1 Å². The first-order chi connectivity index (χ1) is 14.2. The smallest absolute Gasteiger partial charge is 0.311 e. The molecule has 0 saturated heterocycles. The maximum Gasteiger partial charge on any atom is 0.311 e. The van der Waals surface area contributed by atoms with Gasteiger partial charge in [-0.1, -0.05) is 36.8 Å². The molecule has 152 valence electrons. The highest BCUT2D eigenvalue weighted by Gasteiger charge is 2.18. The highest BCUT2D eigenvalue weighted by atomic mass is 32.2. The highest BCUT2D eigenvalue weighted by Crippen LogP contribution is 2.34. The number of nitro groups is 1. The molecule has 0 aliphatic heterocycles. The van der Waals surface area contributed by atoms with Crippen LogP contribution in [0.1, 0.15) is 24.8 Å². The zero-order chi connectivity index (χ0) is 20.5. The van der Waals surface area contributed by atoms with Crippen LogP contribution in [-0.2, 0) is 6.61 Å². The number of anilines is 1. The van der Waals surface area contributed by atoms with Gasteiger partial charge in [0.15, 0.2) is 0 Å². The number of benzene rings is 2. The van der Waals surface area contributed by atoms with E-state index in [-0.39, 0.29) is 10.6 Å². The van der Waals surface area contributed by atoms with E-state index in [1.807, 2.05) is 60.3 Å². The van der Waals surface area contributed by atoms with E-state index < -0.39 is 0 Å². The molecule has 29 heavy (non-hydrogen) atoms. The maximum atomic E-state index is 11.5. The number of nitrogens with zero attached hydrogens (tertiary/aromatic N) is 2. The van der Waals surface area contributed by atoms with Crippen molar-refractivity contribution in [1.82, 2.24) is 4.98 Å². The van der Waals surface area contributed by atoms with E-state index >= 15 is 0 Å². The molecule has 1 N–H and O–H groups in total. The van der Waals surface area contributed by atoms with Crippen LogP contribution < -0.4 is 10.1 Å². The number of unbranched alkanes of at least 4 members (excludes halogenated alkanes) is 2. The van der Waals surface area contributed by atoms with Gasteiger partial charge in [-0.25, -0.2) is 4.98 Å². The number of aromatic nitrogens is 1. The fraction of sp³-hybridized carbons (Fsp3) is 0.318. The zero-order valence-electron chi connectivity index (χ0n) is 16.5. The van der Waals surface area contributed by atoms with Gasteiger partial charge in [0, 0.05) is 11.9 Å². The summed E-state index contributed by atoms with van der Waals surface area (Å²) in [5, 5.41) is 15.5. The van der Waals surface area contributed by atoms with Crippen molar-refractivity contribution in [3.05, 3.63) is 70.4 Å². The summed E-state index contributed by atoms with van der Waals surface area (Å²) in [4.78, 5) is 15.4. The Hall–Kier alpha value is -2.80. The lowest BCUT2D eigenvalue weighted by atomic mass is 10.1. The lowest BCUT2D eigenvalue weighted by molar-refractivity contribution is -0.384. The van der Waals surface area contributed by atoms with Crippen LogP contribution in [0.3, 0.4) is 0 Å². The predicted molar refractivity (Wildman–Crippen MR) is 120 cm³/mol. The average molecular weight is 412 g/mol. The summed E-state index contributed by atoms with van der Waals surface area (Å²) >= 11 is 1.84. The van der Waals surface area contributed by atoms with Crippen molar-refractivity contribution in [3.8, 4) is 5.75 Å². The molecule has 0 spiro atoms. The summed E-state index contributed by atoms with van der Waals surface area (Å²) in [7, 11) is 0. The van der Waals surface area contributed by atoms with E-state index in [9.17, 15) is 10.1 Å². The quantitative estimate of drug-likeness (QED) is 0.249. The lowest BCUT2D eigenvalue weighted by Gasteiger charge is -2.12. The number of hydrogen-bond donors (Lipinski definition) is 1. The highest BCUT2D eigenvalue weighted by molar-refractivity contribution is 7.98. The van der Waals surface area contributed by atoms with E-state index in [0.29, 0.717) is 35.5 Å². The Morgan fingerprint density at radius 2 is 1.97 bits per heavy atom. The van der Waals surface area contributed by atoms with Gasteiger partial charge >= 0.3 is 5.69 Å². The van der Waals surface area contributed by atoms with Crippen LogP contribution in [0.25, 0.3) is 10.9 Å². The minimum absolute atomic E-state index is 0.0122. The summed E-state index contributed by atoms with van der Waals surface area (Å²) in [5.41, 5.74) is 2.26. The Bertz CT molecular complexity index is 951. The molecule has 0 fully saturated rings. The Morgan fingerprint density at radius 1 is 1.14 bits per heavy atom. The largest absolute Gasteiger partial charge is 0.489 e. The normalized spacial score (nSPS) is 10.8. The Balaban J connectivity index is 1.79. The van der Waals surface area contributed by atoms with Crippen molar-refractivity contribution in [3.63, 3.8) is 0 Å². The van der Waals surface area contributed by atoms with Crippen molar-refractivity contribution in [1.29, 1.82) is 0 Å². The van der Waals surface area contributed by atoms with Gasteiger partial charge in [-0.3, -0.25) is 10.1 Å². The first kappa shape index (κ1) is 20.9. The number of thioether (sulfide) groups is 1. The second-order valence-corrected chi connectivity index (χ2v) is 7.69. The van der Waals surface area contributed by atoms with Crippen molar-refractivity contribution in [2.75, 3.05) is 23.9 Å². The fourth-order valence-electron chi connectivity index (χ4n) is 3.08. The van der Waals surface area contributed by atoms with E-state index in [2.05, 4.69) is 16.6 Å². The minimum Gasteiger partial charge on any atom is -0.489 e.